The van der Waals surface area contributed by atoms with E-state index in [9.17, 15) is 4.79 Å². The molecular formula is C11H15BrCl2N2O. The molecule has 3 N–H and O–H groups in total. The maximum atomic E-state index is 11.3. The molecule has 0 unspecified atom stereocenters. The highest BCUT2D eigenvalue weighted by Crippen LogP contribution is 2.21. The van der Waals surface area contributed by atoms with Crippen LogP contribution < -0.4 is 11.1 Å². The van der Waals surface area contributed by atoms with E-state index in [1.165, 1.54) is 0 Å². The van der Waals surface area contributed by atoms with Crippen LogP contribution >= 0.6 is 39.9 Å². The van der Waals surface area contributed by atoms with Crippen molar-refractivity contribution in [3.05, 3.63) is 33.3 Å². The van der Waals surface area contributed by atoms with E-state index in [0.29, 0.717) is 31.0 Å². The van der Waals surface area contributed by atoms with Crippen molar-refractivity contribution in [2.75, 3.05) is 6.54 Å². The lowest BCUT2D eigenvalue weighted by molar-refractivity contribution is -0.121. The molecule has 0 aliphatic heterocycles. The second-order valence-electron chi connectivity index (χ2n) is 3.40. The second kappa shape index (κ2) is 8.75. The molecule has 0 bridgehead atoms. The number of halogens is 3. The topological polar surface area (TPSA) is 55.1 Å². The van der Waals surface area contributed by atoms with E-state index in [2.05, 4.69) is 21.2 Å². The Morgan fingerprint density at radius 1 is 1.47 bits per heavy atom. The Hall–Kier alpha value is -0.290. The standard InChI is InChI=1S/C11H14BrClN2O.ClH/c12-9-4-3-8(10(13)6-9)7-15-11(16)2-1-5-14;/h3-4,6H,1-2,5,7,14H2,(H,15,16);1H. The van der Waals surface area contributed by atoms with Crippen LogP contribution in [0.25, 0.3) is 0 Å². The average molecular weight is 342 g/mol. The third-order valence-electron chi connectivity index (χ3n) is 2.10. The largest absolute Gasteiger partial charge is 0.352 e. The molecule has 0 aliphatic rings. The molecule has 0 fully saturated rings. The van der Waals surface area contributed by atoms with Crippen molar-refractivity contribution < 1.29 is 4.79 Å². The summed E-state index contributed by atoms with van der Waals surface area (Å²) >= 11 is 9.34. The highest BCUT2D eigenvalue weighted by molar-refractivity contribution is 9.10. The lowest BCUT2D eigenvalue weighted by atomic mass is 10.2. The van der Waals surface area contributed by atoms with Crippen LogP contribution in [-0.4, -0.2) is 12.5 Å². The molecule has 1 aromatic carbocycles. The Labute approximate surface area is 121 Å². The molecule has 0 aromatic heterocycles. The van der Waals surface area contributed by atoms with Gasteiger partial charge in [0, 0.05) is 22.5 Å². The number of carbonyl (C=O) groups excluding carboxylic acids is 1. The van der Waals surface area contributed by atoms with Crippen LogP contribution in [0, 0.1) is 0 Å². The first kappa shape index (κ1) is 16.7. The summed E-state index contributed by atoms with van der Waals surface area (Å²) < 4.78 is 0.927. The number of nitrogens with two attached hydrogens (primary N) is 1. The summed E-state index contributed by atoms with van der Waals surface area (Å²) in [6, 6.07) is 5.59. The van der Waals surface area contributed by atoms with Crippen molar-refractivity contribution in [2.45, 2.75) is 19.4 Å². The van der Waals surface area contributed by atoms with E-state index in [1.54, 1.807) is 0 Å². The van der Waals surface area contributed by atoms with Crippen LogP contribution in [0.1, 0.15) is 18.4 Å². The second-order valence-corrected chi connectivity index (χ2v) is 4.73. The van der Waals surface area contributed by atoms with Gasteiger partial charge in [0.1, 0.15) is 0 Å². The van der Waals surface area contributed by atoms with E-state index >= 15 is 0 Å². The minimum absolute atomic E-state index is 0. The number of nitrogens with one attached hydrogen (secondary N) is 1. The minimum atomic E-state index is 0. The van der Waals surface area contributed by atoms with E-state index in [1.807, 2.05) is 18.2 Å². The fraction of sp³-hybridized carbons (Fsp3) is 0.364. The molecule has 1 aromatic rings. The summed E-state index contributed by atoms with van der Waals surface area (Å²) in [5.41, 5.74) is 6.23. The van der Waals surface area contributed by atoms with Gasteiger partial charge in [-0.05, 0) is 30.7 Å². The van der Waals surface area contributed by atoms with Crippen LogP contribution in [-0.2, 0) is 11.3 Å². The first-order chi connectivity index (χ1) is 7.63. The van der Waals surface area contributed by atoms with Gasteiger partial charge in [-0.1, -0.05) is 33.6 Å². The molecule has 3 nitrogen and oxygen atoms in total. The Morgan fingerprint density at radius 2 is 2.18 bits per heavy atom. The van der Waals surface area contributed by atoms with E-state index < -0.39 is 0 Å². The van der Waals surface area contributed by atoms with Gasteiger partial charge >= 0.3 is 0 Å². The van der Waals surface area contributed by atoms with Gasteiger partial charge in [-0.2, -0.15) is 0 Å². The first-order valence-corrected chi connectivity index (χ1v) is 6.21. The van der Waals surface area contributed by atoms with Crippen LogP contribution in [0.2, 0.25) is 5.02 Å². The van der Waals surface area contributed by atoms with Crippen LogP contribution in [0.3, 0.4) is 0 Å². The molecule has 0 saturated heterocycles. The summed E-state index contributed by atoms with van der Waals surface area (Å²) in [6.45, 7) is 0.988. The molecule has 1 amide bonds. The molecule has 0 spiro atoms. The first-order valence-electron chi connectivity index (χ1n) is 5.04. The van der Waals surface area contributed by atoms with Gasteiger partial charge in [-0.3, -0.25) is 4.79 Å². The number of carbonyl (C=O) groups is 1. The number of rotatable bonds is 5. The smallest absolute Gasteiger partial charge is 0.220 e. The molecule has 0 radical (unpaired) electrons. The van der Waals surface area contributed by atoms with Crippen LogP contribution in [0.4, 0.5) is 0 Å². The van der Waals surface area contributed by atoms with Crippen LogP contribution in [0.5, 0.6) is 0 Å². The van der Waals surface area contributed by atoms with Crippen molar-refractivity contribution in [3.63, 3.8) is 0 Å². The van der Waals surface area contributed by atoms with Gasteiger partial charge in [0.2, 0.25) is 5.91 Å². The lowest BCUT2D eigenvalue weighted by Crippen LogP contribution is -2.23. The quantitative estimate of drug-likeness (QED) is 0.865. The third-order valence-corrected chi connectivity index (χ3v) is 2.94. The van der Waals surface area contributed by atoms with Crippen molar-refractivity contribution in [2.24, 2.45) is 5.73 Å². The Kier molecular flexibility index (Phi) is 8.60. The lowest BCUT2D eigenvalue weighted by Gasteiger charge is -2.07. The predicted octanol–water partition coefficient (Wildman–Crippen LogP) is 2.88. The molecule has 0 saturated carbocycles. The monoisotopic (exact) mass is 340 g/mol. The number of benzene rings is 1. The fourth-order valence-corrected chi connectivity index (χ4v) is 1.95. The maximum Gasteiger partial charge on any atom is 0.220 e. The number of hydrogen-bond acceptors (Lipinski definition) is 2. The summed E-state index contributed by atoms with van der Waals surface area (Å²) in [4.78, 5) is 11.3. The average Bonchev–Trinajstić information content (AvgIpc) is 2.25. The van der Waals surface area contributed by atoms with Gasteiger partial charge in [0.05, 0.1) is 0 Å². The zero-order valence-corrected chi connectivity index (χ0v) is 12.4. The molecule has 1 rings (SSSR count). The van der Waals surface area contributed by atoms with Gasteiger partial charge in [-0.15, -0.1) is 12.4 Å². The molecule has 0 heterocycles. The zero-order valence-electron chi connectivity index (χ0n) is 9.21. The summed E-state index contributed by atoms with van der Waals surface area (Å²) in [7, 11) is 0. The van der Waals surface area contributed by atoms with E-state index in [4.69, 9.17) is 17.3 Å². The Balaban J connectivity index is 0.00000256. The van der Waals surface area contributed by atoms with Gasteiger partial charge in [-0.25, -0.2) is 0 Å². The summed E-state index contributed by atoms with van der Waals surface area (Å²) in [5, 5.41) is 3.45. The number of amides is 1. The molecule has 0 atom stereocenters. The summed E-state index contributed by atoms with van der Waals surface area (Å²) in [5.74, 6) is 0.00411. The SMILES string of the molecule is Cl.NCCCC(=O)NCc1ccc(Br)cc1Cl. The van der Waals surface area contributed by atoms with Crippen molar-refractivity contribution in [3.8, 4) is 0 Å². The summed E-state index contributed by atoms with van der Waals surface area (Å²) in [6.07, 6.45) is 1.17. The fourth-order valence-electron chi connectivity index (χ4n) is 1.21. The highest BCUT2D eigenvalue weighted by Gasteiger charge is 2.03. The normalized spacial score (nSPS) is 9.59. The molecule has 96 valence electrons. The Morgan fingerprint density at radius 3 is 2.76 bits per heavy atom. The van der Waals surface area contributed by atoms with Crippen molar-refractivity contribution >= 4 is 45.8 Å². The maximum absolute atomic E-state index is 11.3. The van der Waals surface area contributed by atoms with Gasteiger partial charge < -0.3 is 11.1 Å². The van der Waals surface area contributed by atoms with Gasteiger partial charge in [0.15, 0.2) is 0 Å². The van der Waals surface area contributed by atoms with Crippen molar-refractivity contribution in [1.29, 1.82) is 0 Å². The molecular weight excluding hydrogens is 327 g/mol. The Bertz CT molecular complexity index is 374. The zero-order chi connectivity index (χ0) is 12.0. The minimum Gasteiger partial charge on any atom is -0.352 e. The number of hydrogen-bond donors (Lipinski definition) is 2. The molecule has 6 heteroatoms. The van der Waals surface area contributed by atoms with Crippen LogP contribution in [0.15, 0.2) is 22.7 Å². The van der Waals surface area contributed by atoms with E-state index in [0.717, 1.165) is 10.0 Å². The third kappa shape index (κ3) is 6.27. The molecule has 0 aliphatic carbocycles. The highest BCUT2D eigenvalue weighted by atomic mass is 79.9. The molecule has 17 heavy (non-hydrogen) atoms. The van der Waals surface area contributed by atoms with E-state index in [-0.39, 0.29) is 18.3 Å². The predicted molar refractivity (Wildman–Crippen MR) is 76.5 cm³/mol. The van der Waals surface area contributed by atoms with Gasteiger partial charge in [0.25, 0.3) is 0 Å². The van der Waals surface area contributed by atoms with Crippen molar-refractivity contribution in [1.82, 2.24) is 5.32 Å².